The van der Waals surface area contributed by atoms with Crippen LogP contribution < -0.4 is 16.4 Å². The SMILES string of the molecule is CCC1C(=O)NCCN1CC(=O)Nc1ccc(C)cc1N. The largest absolute Gasteiger partial charge is 0.397 e. The van der Waals surface area contributed by atoms with Gasteiger partial charge in [0.25, 0.3) is 0 Å². The van der Waals surface area contributed by atoms with Gasteiger partial charge < -0.3 is 16.4 Å². The fourth-order valence-corrected chi connectivity index (χ4v) is 2.57. The Bertz CT molecular complexity index is 544. The van der Waals surface area contributed by atoms with Gasteiger partial charge in [-0.2, -0.15) is 0 Å². The first-order valence-electron chi connectivity index (χ1n) is 7.19. The lowest BCUT2D eigenvalue weighted by molar-refractivity contribution is -0.130. The van der Waals surface area contributed by atoms with Crippen LogP contribution in [0.5, 0.6) is 0 Å². The number of nitrogens with zero attached hydrogens (tertiary/aromatic N) is 1. The predicted octanol–water partition coefficient (Wildman–Crippen LogP) is 0.726. The first kappa shape index (κ1) is 15.3. The van der Waals surface area contributed by atoms with Crippen molar-refractivity contribution in [1.29, 1.82) is 0 Å². The van der Waals surface area contributed by atoms with Gasteiger partial charge in [0, 0.05) is 13.1 Å². The van der Waals surface area contributed by atoms with Crippen molar-refractivity contribution in [2.45, 2.75) is 26.3 Å². The summed E-state index contributed by atoms with van der Waals surface area (Å²) in [5, 5.41) is 5.63. The zero-order chi connectivity index (χ0) is 15.4. The second-order valence-electron chi connectivity index (χ2n) is 5.32. The number of benzene rings is 1. The molecule has 6 nitrogen and oxygen atoms in total. The first-order chi connectivity index (χ1) is 10.0. The van der Waals surface area contributed by atoms with Crippen LogP contribution in [0.15, 0.2) is 18.2 Å². The second kappa shape index (κ2) is 6.58. The number of nitrogens with one attached hydrogen (secondary N) is 2. The second-order valence-corrected chi connectivity index (χ2v) is 5.32. The number of anilines is 2. The number of hydrogen-bond acceptors (Lipinski definition) is 4. The minimum absolute atomic E-state index is 0.00796. The van der Waals surface area contributed by atoms with Crippen molar-refractivity contribution in [2.24, 2.45) is 0 Å². The van der Waals surface area contributed by atoms with Crippen molar-refractivity contribution >= 4 is 23.2 Å². The zero-order valence-corrected chi connectivity index (χ0v) is 12.5. The van der Waals surface area contributed by atoms with Crippen molar-refractivity contribution < 1.29 is 9.59 Å². The topological polar surface area (TPSA) is 87.5 Å². The molecule has 1 aromatic carbocycles. The van der Waals surface area contributed by atoms with Gasteiger partial charge in [0.2, 0.25) is 11.8 Å². The molecule has 0 spiro atoms. The fraction of sp³-hybridized carbons (Fsp3) is 0.467. The Balaban J connectivity index is 1.99. The number of rotatable bonds is 4. The van der Waals surface area contributed by atoms with Gasteiger partial charge >= 0.3 is 0 Å². The van der Waals surface area contributed by atoms with Crippen LogP contribution in [0.4, 0.5) is 11.4 Å². The molecule has 1 aromatic rings. The van der Waals surface area contributed by atoms with E-state index >= 15 is 0 Å². The molecule has 1 atom stereocenters. The molecule has 1 aliphatic rings. The first-order valence-corrected chi connectivity index (χ1v) is 7.19. The van der Waals surface area contributed by atoms with E-state index in [1.807, 2.05) is 30.9 Å². The summed E-state index contributed by atoms with van der Waals surface area (Å²) < 4.78 is 0. The third-order valence-corrected chi connectivity index (χ3v) is 3.66. The van der Waals surface area contributed by atoms with E-state index in [2.05, 4.69) is 10.6 Å². The van der Waals surface area contributed by atoms with E-state index in [1.54, 1.807) is 6.07 Å². The molecular weight excluding hydrogens is 268 g/mol. The number of aryl methyl sites for hydroxylation is 1. The summed E-state index contributed by atoms with van der Waals surface area (Å²) in [4.78, 5) is 25.8. The third-order valence-electron chi connectivity index (χ3n) is 3.66. The molecule has 21 heavy (non-hydrogen) atoms. The van der Waals surface area contributed by atoms with Crippen molar-refractivity contribution in [1.82, 2.24) is 10.2 Å². The van der Waals surface area contributed by atoms with Crippen LogP contribution in [-0.2, 0) is 9.59 Å². The molecule has 114 valence electrons. The highest BCUT2D eigenvalue weighted by Gasteiger charge is 2.29. The Hall–Kier alpha value is -2.08. The maximum absolute atomic E-state index is 12.1. The molecule has 6 heteroatoms. The number of hydrogen-bond donors (Lipinski definition) is 3. The van der Waals surface area contributed by atoms with E-state index in [4.69, 9.17) is 5.73 Å². The van der Waals surface area contributed by atoms with Crippen LogP contribution >= 0.6 is 0 Å². The number of nitrogens with two attached hydrogens (primary N) is 1. The van der Waals surface area contributed by atoms with Gasteiger partial charge in [-0.05, 0) is 31.0 Å². The number of carbonyl (C=O) groups is 2. The summed E-state index contributed by atoms with van der Waals surface area (Å²) in [7, 11) is 0. The molecule has 0 aliphatic carbocycles. The number of piperazine rings is 1. The normalized spacial score (nSPS) is 19.1. The van der Waals surface area contributed by atoms with Gasteiger partial charge in [0.05, 0.1) is 24.0 Å². The summed E-state index contributed by atoms with van der Waals surface area (Å²) in [5.74, 6) is -0.162. The van der Waals surface area contributed by atoms with E-state index in [1.165, 1.54) is 0 Å². The lowest BCUT2D eigenvalue weighted by Gasteiger charge is -2.33. The van der Waals surface area contributed by atoms with E-state index in [0.717, 1.165) is 5.56 Å². The molecule has 4 N–H and O–H groups in total. The lowest BCUT2D eigenvalue weighted by Crippen LogP contribution is -2.56. The third kappa shape index (κ3) is 3.72. The molecule has 1 fully saturated rings. The maximum Gasteiger partial charge on any atom is 0.238 e. The molecule has 2 rings (SSSR count). The Morgan fingerprint density at radius 1 is 1.52 bits per heavy atom. The fourth-order valence-electron chi connectivity index (χ4n) is 2.57. The van der Waals surface area contributed by atoms with Gasteiger partial charge in [-0.3, -0.25) is 14.5 Å². The Labute approximate surface area is 124 Å². The molecule has 0 aromatic heterocycles. The minimum atomic E-state index is -0.236. The molecule has 1 unspecified atom stereocenters. The highest BCUT2D eigenvalue weighted by Crippen LogP contribution is 2.19. The van der Waals surface area contributed by atoms with Crippen LogP contribution in [0.25, 0.3) is 0 Å². The van der Waals surface area contributed by atoms with Crippen molar-refractivity contribution in [3.63, 3.8) is 0 Å². The highest BCUT2D eigenvalue weighted by molar-refractivity contribution is 5.95. The number of nitrogen functional groups attached to an aromatic ring is 1. The van der Waals surface area contributed by atoms with E-state index in [-0.39, 0.29) is 24.4 Å². The molecule has 1 aliphatic heterocycles. The Morgan fingerprint density at radius 2 is 2.29 bits per heavy atom. The summed E-state index contributed by atoms with van der Waals surface area (Å²) in [6, 6.07) is 5.27. The van der Waals surface area contributed by atoms with Crippen LogP contribution in [0.3, 0.4) is 0 Å². The van der Waals surface area contributed by atoms with Gasteiger partial charge in [-0.15, -0.1) is 0 Å². The quantitative estimate of drug-likeness (QED) is 0.713. The van der Waals surface area contributed by atoms with Crippen LogP contribution in [0.2, 0.25) is 0 Å². The van der Waals surface area contributed by atoms with Gasteiger partial charge in [0.15, 0.2) is 0 Å². The van der Waals surface area contributed by atoms with Crippen molar-refractivity contribution in [3.05, 3.63) is 23.8 Å². The smallest absolute Gasteiger partial charge is 0.238 e. The average molecular weight is 290 g/mol. The monoisotopic (exact) mass is 290 g/mol. The molecule has 1 heterocycles. The molecule has 2 amide bonds. The maximum atomic E-state index is 12.1. The molecule has 0 bridgehead atoms. The van der Waals surface area contributed by atoms with E-state index in [0.29, 0.717) is 30.9 Å². The predicted molar refractivity (Wildman–Crippen MR) is 82.9 cm³/mol. The Morgan fingerprint density at radius 3 is 2.95 bits per heavy atom. The van der Waals surface area contributed by atoms with Crippen molar-refractivity contribution in [2.75, 3.05) is 30.7 Å². The van der Waals surface area contributed by atoms with Crippen LogP contribution in [0, 0.1) is 6.92 Å². The summed E-state index contributed by atoms with van der Waals surface area (Å²) in [6.45, 7) is 5.34. The highest BCUT2D eigenvalue weighted by atomic mass is 16.2. The van der Waals surface area contributed by atoms with Gasteiger partial charge in [0.1, 0.15) is 0 Å². The lowest BCUT2D eigenvalue weighted by atomic mass is 10.1. The summed E-state index contributed by atoms with van der Waals surface area (Å²) in [5.41, 5.74) is 8.09. The zero-order valence-electron chi connectivity index (χ0n) is 12.5. The van der Waals surface area contributed by atoms with Gasteiger partial charge in [-0.1, -0.05) is 13.0 Å². The van der Waals surface area contributed by atoms with Gasteiger partial charge in [-0.25, -0.2) is 0 Å². The average Bonchev–Trinajstić information content (AvgIpc) is 2.42. The Kier molecular flexibility index (Phi) is 4.80. The molecule has 0 radical (unpaired) electrons. The number of amides is 2. The standard InChI is InChI=1S/C15H22N4O2/c1-3-13-15(21)17-6-7-19(13)9-14(20)18-12-5-4-10(2)8-11(12)16/h4-5,8,13H,3,6-7,9,16H2,1-2H3,(H,17,21)(H,18,20). The van der Waals surface area contributed by atoms with E-state index in [9.17, 15) is 9.59 Å². The summed E-state index contributed by atoms with van der Waals surface area (Å²) in [6.07, 6.45) is 0.686. The molecule has 0 saturated carbocycles. The van der Waals surface area contributed by atoms with Crippen LogP contribution in [0.1, 0.15) is 18.9 Å². The molecular formula is C15H22N4O2. The number of carbonyl (C=O) groups excluding carboxylic acids is 2. The van der Waals surface area contributed by atoms with Crippen LogP contribution in [-0.4, -0.2) is 42.4 Å². The van der Waals surface area contributed by atoms with E-state index < -0.39 is 0 Å². The minimum Gasteiger partial charge on any atom is -0.397 e. The molecule has 1 saturated heterocycles. The van der Waals surface area contributed by atoms with Crippen molar-refractivity contribution in [3.8, 4) is 0 Å². The summed E-state index contributed by atoms with van der Waals surface area (Å²) >= 11 is 0.